The first kappa shape index (κ1) is 17.4. The van der Waals surface area contributed by atoms with E-state index in [4.69, 9.17) is 14.2 Å². The van der Waals surface area contributed by atoms with E-state index in [0.717, 1.165) is 22.3 Å². The summed E-state index contributed by atoms with van der Waals surface area (Å²) in [6.07, 6.45) is -0.220. The highest BCUT2D eigenvalue weighted by molar-refractivity contribution is 5.78. The van der Waals surface area contributed by atoms with E-state index in [1.165, 1.54) is 0 Å². The monoisotopic (exact) mass is 367 g/mol. The number of aromatic amines is 1. The van der Waals surface area contributed by atoms with E-state index in [0.29, 0.717) is 24.7 Å². The van der Waals surface area contributed by atoms with Gasteiger partial charge in [-0.15, -0.1) is 0 Å². The van der Waals surface area contributed by atoms with Crippen LogP contribution in [0.25, 0.3) is 11.0 Å². The second-order valence-corrected chi connectivity index (χ2v) is 6.45. The minimum atomic E-state index is -0.220. The molecule has 2 N–H and O–H groups in total. The van der Waals surface area contributed by atoms with Crippen LogP contribution in [0.4, 0.5) is 0 Å². The summed E-state index contributed by atoms with van der Waals surface area (Å²) in [6, 6.07) is 13.4. The number of nitrogens with zero attached hydrogens (tertiary/aromatic N) is 1. The number of amides is 1. The van der Waals surface area contributed by atoms with Gasteiger partial charge in [0.2, 0.25) is 5.91 Å². The second kappa shape index (κ2) is 7.67. The molecule has 2 heterocycles. The quantitative estimate of drug-likeness (QED) is 0.699. The van der Waals surface area contributed by atoms with Gasteiger partial charge in [0, 0.05) is 0 Å². The molecule has 0 saturated carbocycles. The van der Waals surface area contributed by atoms with Crippen molar-refractivity contribution in [3.05, 3.63) is 53.9 Å². The molecule has 7 heteroatoms. The minimum Gasteiger partial charge on any atom is -0.486 e. The first-order valence-electron chi connectivity index (χ1n) is 8.86. The van der Waals surface area contributed by atoms with E-state index in [1.54, 1.807) is 0 Å². The van der Waals surface area contributed by atoms with Crippen LogP contribution in [0.5, 0.6) is 11.5 Å². The zero-order valence-electron chi connectivity index (χ0n) is 15.0. The Balaban J connectivity index is 1.21. The van der Waals surface area contributed by atoms with E-state index in [2.05, 4.69) is 15.3 Å². The van der Waals surface area contributed by atoms with Gasteiger partial charge in [-0.25, -0.2) is 4.98 Å². The molecule has 1 aromatic heterocycles. The normalized spacial score (nSPS) is 15.7. The molecule has 7 nitrogen and oxygen atoms in total. The molecule has 0 spiro atoms. The number of carbonyl (C=O) groups excluding carboxylic acids is 1. The fourth-order valence-corrected chi connectivity index (χ4v) is 2.98. The van der Waals surface area contributed by atoms with Crippen molar-refractivity contribution in [2.24, 2.45) is 0 Å². The van der Waals surface area contributed by atoms with Crippen LogP contribution in [0.1, 0.15) is 11.4 Å². The zero-order chi connectivity index (χ0) is 18.6. The predicted octanol–water partition coefficient (Wildman–Crippen LogP) is 2.34. The molecule has 0 saturated heterocycles. The number of imidazole rings is 1. The number of fused-ring (bicyclic) bond motifs is 2. The SMILES string of the molecule is Cc1cccc2[nH]c(COCC(=O)NC[C@H]3COc4ccccc4O3)nc12. The number of para-hydroxylation sites is 3. The average Bonchev–Trinajstić information content (AvgIpc) is 3.10. The summed E-state index contributed by atoms with van der Waals surface area (Å²) in [5.74, 6) is 1.92. The van der Waals surface area contributed by atoms with Gasteiger partial charge >= 0.3 is 0 Å². The van der Waals surface area contributed by atoms with Crippen LogP contribution in [-0.4, -0.2) is 41.7 Å². The number of aromatic nitrogens is 2. The Morgan fingerprint density at radius 2 is 2.11 bits per heavy atom. The van der Waals surface area contributed by atoms with Gasteiger partial charge in [0.05, 0.1) is 17.6 Å². The molecule has 1 aliphatic heterocycles. The fraction of sp³-hybridized carbons (Fsp3) is 0.300. The second-order valence-electron chi connectivity index (χ2n) is 6.45. The van der Waals surface area contributed by atoms with Gasteiger partial charge in [0.25, 0.3) is 0 Å². The molecule has 1 amide bonds. The molecule has 4 rings (SSSR count). The third-order valence-corrected chi connectivity index (χ3v) is 4.33. The maximum Gasteiger partial charge on any atom is 0.246 e. The lowest BCUT2D eigenvalue weighted by Gasteiger charge is -2.26. The van der Waals surface area contributed by atoms with Crippen molar-refractivity contribution in [2.45, 2.75) is 19.6 Å². The van der Waals surface area contributed by atoms with Gasteiger partial charge in [-0.05, 0) is 30.7 Å². The van der Waals surface area contributed by atoms with Gasteiger partial charge in [0.15, 0.2) is 11.5 Å². The smallest absolute Gasteiger partial charge is 0.246 e. The summed E-state index contributed by atoms with van der Waals surface area (Å²) >= 11 is 0. The van der Waals surface area contributed by atoms with E-state index in [1.807, 2.05) is 49.4 Å². The lowest BCUT2D eigenvalue weighted by Crippen LogP contribution is -2.41. The highest BCUT2D eigenvalue weighted by atomic mass is 16.6. The Kier molecular flexibility index (Phi) is 4.93. The van der Waals surface area contributed by atoms with E-state index < -0.39 is 0 Å². The van der Waals surface area contributed by atoms with Crippen molar-refractivity contribution in [3.63, 3.8) is 0 Å². The largest absolute Gasteiger partial charge is 0.486 e. The van der Waals surface area contributed by atoms with E-state index >= 15 is 0 Å². The van der Waals surface area contributed by atoms with Crippen molar-refractivity contribution in [1.82, 2.24) is 15.3 Å². The van der Waals surface area contributed by atoms with Crippen molar-refractivity contribution in [2.75, 3.05) is 19.8 Å². The van der Waals surface area contributed by atoms with Crippen LogP contribution >= 0.6 is 0 Å². The summed E-state index contributed by atoms with van der Waals surface area (Å²) < 4.78 is 16.9. The van der Waals surface area contributed by atoms with Gasteiger partial charge in [-0.1, -0.05) is 24.3 Å². The maximum absolute atomic E-state index is 12.0. The van der Waals surface area contributed by atoms with Crippen molar-refractivity contribution in [3.8, 4) is 11.5 Å². The van der Waals surface area contributed by atoms with Crippen LogP contribution in [-0.2, 0) is 16.1 Å². The number of carbonyl (C=O) groups is 1. The van der Waals surface area contributed by atoms with Crippen molar-refractivity contribution >= 4 is 16.9 Å². The summed E-state index contributed by atoms with van der Waals surface area (Å²) in [7, 11) is 0. The van der Waals surface area contributed by atoms with E-state index in [-0.39, 0.29) is 25.2 Å². The summed E-state index contributed by atoms with van der Waals surface area (Å²) in [6.45, 7) is 2.98. The highest BCUT2D eigenvalue weighted by Gasteiger charge is 2.21. The molecule has 0 fully saturated rings. The molecule has 1 aliphatic rings. The molecule has 1 atom stereocenters. The first-order chi connectivity index (χ1) is 13.2. The Morgan fingerprint density at radius 3 is 2.96 bits per heavy atom. The molecular weight excluding hydrogens is 346 g/mol. The van der Waals surface area contributed by atoms with Crippen LogP contribution in [0.3, 0.4) is 0 Å². The van der Waals surface area contributed by atoms with E-state index in [9.17, 15) is 4.79 Å². The van der Waals surface area contributed by atoms with Gasteiger partial charge in [0.1, 0.15) is 31.7 Å². The molecule has 0 bridgehead atoms. The number of nitrogens with one attached hydrogen (secondary N) is 2. The first-order valence-corrected chi connectivity index (χ1v) is 8.86. The van der Waals surface area contributed by atoms with Crippen LogP contribution in [0, 0.1) is 6.92 Å². The summed E-state index contributed by atoms with van der Waals surface area (Å²) in [4.78, 5) is 19.7. The number of hydrogen-bond acceptors (Lipinski definition) is 5. The number of benzene rings is 2. The maximum atomic E-state index is 12.0. The lowest BCUT2D eigenvalue weighted by molar-refractivity contribution is -0.126. The van der Waals surface area contributed by atoms with Gasteiger partial charge < -0.3 is 24.5 Å². The molecule has 0 unspecified atom stereocenters. The standard InChI is InChI=1S/C20H21N3O4/c1-13-5-4-6-15-20(13)23-18(22-15)11-25-12-19(24)21-9-14-10-26-16-7-2-3-8-17(16)27-14/h2-8,14H,9-12H2,1H3,(H,21,24)(H,22,23)/t14-/m0/s1. The minimum absolute atomic E-state index is 0.0415. The zero-order valence-corrected chi connectivity index (χ0v) is 15.0. The highest BCUT2D eigenvalue weighted by Crippen LogP contribution is 2.30. The number of aryl methyl sites for hydroxylation is 1. The summed E-state index contributed by atoms with van der Waals surface area (Å²) in [5, 5.41) is 2.81. The molecule has 140 valence electrons. The molecule has 0 radical (unpaired) electrons. The van der Waals surface area contributed by atoms with Gasteiger partial charge in [-0.3, -0.25) is 4.79 Å². The molecule has 0 aliphatic carbocycles. The molecule has 2 aromatic carbocycles. The third-order valence-electron chi connectivity index (χ3n) is 4.33. The Labute approximate surface area is 156 Å². The molecular formula is C20H21N3O4. The van der Waals surface area contributed by atoms with Crippen molar-refractivity contribution < 1.29 is 19.0 Å². The Hall–Kier alpha value is -3.06. The number of hydrogen-bond donors (Lipinski definition) is 2. The van der Waals surface area contributed by atoms with Gasteiger partial charge in [-0.2, -0.15) is 0 Å². The lowest BCUT2D eigenvalue weighted by atomic mass is 10.2. The Bertz CT molecular complexity index is 953. The van der Waals surface area contributed by atoms with Crippen LogP contribution < -0.4 is 14.8 Å². The number of rotatable bonds is 6. The molecule has 3 aromatic rings. The third kappa shape index (κ3) is 4.03. The molecule has 27 heavy (non-hydrogen) atoms. The average molecular weight is 367 g/mol. The Morgan fingerprint density at radius 1 is 1.26 bits per heavy atom. The number of ether oxygens (including phenoxy) is 3. The predicted molar refractivity (Wildman–Crippen MR) is 99.8 cm³/mol. The van der Waals surface area contributed by atoms with Crippen LogP contribution in [0.15, 0.2) is 42.5 Å². The fourth-order valence-electron chi connectivity index (χ4n) is 2.98. The number of H-pyrrole nitrogens is 1. The van der Waals surface area contributed by atoms with Crippen molar-refractivity contribution in [1.29, 1.82) is 0 Å². The summed E-state index contributed by atoms with van der Waals surface area (Å²) in [5.41, 5.74) is 2.99. The van der Waals surface area contributed by atoms with Crippen LogP contribution in [0.2, 0.25) is 0 Å². The topological polar surface area (TPSA) is 85.5 Å².